The number of para-hydroxylation sites is 2. The number of methoxy groups -OCH3 is 2. The fourth-order valence-electron chi connectivity index (χ4n) is 2.88. The van der Waals surface area contributed by atoms with Crippen molar-refractivity contribution < 1.29 is 23.5 Å². The molecule has 0 fully saturated rings. The van der Waals surface area contributed by atoms with Crippen molar-refractivity contribution in [3.63, 3.8) is 0 Å². The Balaban J connectivity index is 1.66. The summed E-state index contributed by atoms with van der Waals surface area (Å²) >= 11 is 0. The average Bonchev–Trinajstić information content (AvgIpc) is 3.25. The molecule has 0 aliphatic heterocycles. The summed E-state index contributed by atoms with van der Waals surface area (Å²) in [5, 5.41) is 4.00. The van der Waals surface area contributed by atoms with E-state index < -0.39 is 6.10 Å². The van der Waals surface area contributed by atoms with Crippen LogP contribution in [0.15, 0.2) is 53.1 Å². The maximum Gasteiger partial charge on any atom is 0.263 e. The predicted molar refractivity (Wildman–Crippen MR) is 110 cm³/mol. The normalized spacial score (nSPS) is 11.6. The van der Waals surface area contributed by atoms with Crippen molar-refractivity contribution in [2.24, 2.45) is 0 Å². The van der Waals surface area contributed by atoms with Crippen molar-refractivity contribution >= 4 is 5.91 Å². The number of nitrogens with zero attached hydrogens (tertiary/aromatic N) is 3. The van der Waals surface area contributed by atoms with E-state index in [-0.39, 0.29) is 12.5 Å². The summed E-state index contributed by atoms with van der Waals surface area (Å²) in [7, 11) is 4.84. The maximum absolute atomic E-state index is 12.9. The monoisotopic (exact) mass is 411 g/mol. The number of ether oxygens (including phenoxy) is 3. The zero-order valence-electron chi connectivity index (χ0n) is 17.5. The number of carbonyl (C=O) groups excluding carboxylic acids is 1. The van der Waals surface area contributed by atoms with Crippen LogP contribution in [0.2, 0.25) is 0 Å². The number of likely N-dealkylation sites (N-methyl/N-ethyl adjacent to an activating group) is 1. The largest absolute Gasteiger partial charge is 0.497 e. The minimum atomic E-state index is -0.657. The summed E-state index contributed by atoms with van der Waals surface area (Å²) in [6, 6.07) is 14.6. The molecule has 0 aliphatic rings. The fraction of sp³-hybridized carbons (Fsp3) is 0.318. The van der Waals surface area contributed by atoms with Gasteiger partial charge in [-0.05, 0) is 42.8 Å². The summed E-state index contributed by atoms with van der Waals surface area (Å²) in [5.74, 6) is 2.44. The summed E-state index contributed by atoms with van der Waals surface area (Å²) in [6.45, 7) is 2.06. The zero-order valence-corrected chi connectivity index (χ0v) is 17.5. The van der Waals surface area contributed by atoms with Gasteiger partial charge in [0.1, 0.15) is 5.75 Å². The molecule has 0 aliphatic carbocycles. The van der Waals surface area contributed by atoms with Crippen molar-refractivity contribution in [2.75, 3.05) is 21.3 Å². The van der Waals surface area contributed by atoms with Crippen LogP contribution in [0.4, 0.5) is 0 Å². The van der Waals surface area contributed by atoms with E-state index >= 15 is 0 Å². The molecule has 3 aromatic rings. The standard InChI is InChI=1S/C22H25N3O5/c1-5-17(29-19-9-7-6-8-18(19)28-4)22(26)25(2)14-20-23-21(24-30-20)15-10-12-16(27-3)13-11-15/h6-13,17H,5,14H2,1-4H3/t17-/m1/s1. The minimum absolute atomic E-state index is 0.174. The van der Waals surface area contributed by atoms with Crippen LogP contribution in [0.1, 0.15) is 19.2 Å². The predicted octanol–water partition coefficient (Wildman–Crippen LogP) is 3.57. The van der Waals surface area contributed by atoms with Crippen molar-refractivity contribution in [2.45, 2.75) is 26.0 Å². The molecular formula is C22H25N3O5. The summed E-state index contributed by atoms with van der Waals surface area (Å²) in [6.07, 6.45) is -0.155. The molecule has 0 unspecified atom stereocenters. The molecule has 2 aromatic carbocycles. The SMILES string of the molecule is CC[C@@H](Oc1ccccc1OC)C(=O)N(C)Cc1nc(-c2ccc(OC)cc2)no1. The Kier molecular flexibility index (Phi) is 6.90. The molecule has 3 rings (SSSR count). The van der Waals surface area contributed by atoms with Gasteiger partial charge in [-0.25, -0.2) is 0 Å². The van der Waals surface area contributed by atoms with Gasteiger partial charge in [-0.3, -0.25) is 4.79 Å². The third-order valence-electron chi connectivity index (χ3n) is 4.55. The number of amides is 1. The molecule has 8 nitrogen and oxygen atoms in total. The van der Waals surface area contributed by atoms with Gasteiger partial charge < -0.3 is 23.6 Å². The summed E-state index contributed by atoms with van der Waals surface area (Å²) in [5.41, 5.74) is 0.797. The Bertz CT molecular complexity index is 971. The molecule has 1 amide bonds. The first-order valence-electron chi connectivity index (χ1n) is 9.57. The highest BCUT2D eigenvalue weighted by molar-refractivity contribution is 5.81. The molecule has 1 aromatic heterocycles. The molecule has 1 atom stereocenters. The lowest BCUT2D eigenvalue weighted by molar-refractivity contribution is -0.138. The number of benzene rings is 2. The lowest BCUT2D eigenvalue weighted by Crippen LogP contribution is -2.39. The third-order valence-corrected chi connectivity index (χ3v) is 4.55. The average molecular weight is 411 g/mol. The van der Waals surface area contributed by atoms with Gasteiger partial charge in [0.15, 0.2) is 17.6 Å². The van der Waals surface area contributed by atoms with E-state index in [1.807, 2.05) is 43.3 Å². The first-order chi connectivity index (χ1) is 14.5. The number of rotatable bonds is 9. The van der Waals surface area contributed by atoms with Crippen LogP contribution in [-0.4, -0.2) is 48.3 Å². The fourth-order valence-corrected chi connectivity index (χ4v) is 2.88. The van der Waals surface area contributed by atoms with Gasteiger partial charge in [-0.15, -0.1) is 0 Å². The van der Waals surface area contributed by atoms with Gasteiger partial charge in [0, 0.05) is 12.6 Å². The van der Waals surface area contributed by atoms with Crippen LogP contribution < -0.4 is 14.2 Å². The van der Waals surface area contributed by atoms with E-state index in [0.29, 0.717) is 29.6 Å². The second-order valence-electron chi connectivity index (χ2n) is 6.60. The molecule has 158 valence electrons. The van der Waals surface area contributed by atoms with Crippen LogP contribution in [0.25, 0.3) is 11.4 Å². The number of hydrogen-bond acceptors (Lipinski definition) is 7. The van der Waals surface area contributed by atoms with E-state index in [0.717, 1.165) is 11.3 Å². The van der Waals surface area contributed by atoms with Gasteiger partial charge in [0.2, 0.25) is 11.7 Å². The van der Waals surface area contributed by atoms with Crippen molar-refractivity contribution in [1.29, 1.82) is 0 Å². The van der Waals surface area contributed by atoms with Crippen LogP contribution >= 0.6 is 0 Å². The van der Waals surface area contributed by atoms with Crippen molar-refractivity contribution in [3.05, 3.63) is 54.4 Å². The topological polar surface area (TPSA) is 86.9 Å². The number of aromatic nitrogens is 2. The minimum Gasteiger partial charge on any atom is -0.497 e. The second kappa shape index (κ2) is 9.78. The van der Waals surface area contributed by atoms with E-state index in [2.05, 4.69) is 10.1 Å². The third kappa shape index (κ3) is 4.89. The van der Waals surface area contributed by atoms with E-state index in [9.17, 15) is 4.79 Å². The quantitative estimate of drug-likeness (QED) is 0.532. The molecule has 0 saturated carbocycles. The molecule has 0 spiro atoms. The Morgan fingerprint density at radius 3 is 2.40 bits per heavy atom. The highest BCUT2D eigenvalue weighted by atomic mass is 16.5. The van der Waals surface area contributed by atoms with E-state index in [1.54, 1.807) is 33.4 Å². The lowest BCUT2D eigenvalue weighted by Gasteiger charge is -2.23. The molecule has 0 N–H and O–H groups in total. The summed E-state index contributed by atoms with van der Waals surface area (Å²) in [4.78, 5) is 18.8. The maximum atomic E-state index is 12.9. The molecule has 0 saturated heterocycles. The molecule has 0 bridgehead atoms. The highest BCUT2D eigenvalue weighted by Crippen LogP contribution is 2.28. The zero-order chi connectivity index (χ0) is 21.5. The van der Waals surface area contributed by atoms with Gasteiger partial charge in [-0.2, -0.15) is 4.98 Å². The Morgan fingerprint density at radius 1 is 1.07 bits per heavy atom. The number of hydrogen-bond donors (Lipinski definition) is 0. The van der Waals surface area contributed by atoms with Crippen molar-refractivity contribution in [1.82, 2.24) is 15.0 Å². The lowest BCUT2D eigenvalue weighted by atomic mass is 10.2. The molecule has 1 heterocycles. The Labute approximate surface area is 175 Å². The van der Waals surface area contributed by atoms with Gasteiger partial charge in [0.05, 0.1) is 20.8 Å². The number of carbonyl (C=O) groups is 1. The highest BCUT2D eigenvalue weighted by Gasteiger charge is 2.25. The molecular weight excluding hydrogens is 386 g/mol. The van der Waals surface area contributed by atoms with Gasteiger partial charge in [0.25, 0.3) is 5.91 Å². The van der Waals surface area contributed by atoms with E-state index in [1.165, 1.54) is 4.90 Å². The van der Waals surface area contributed by atoms with Crippen LogP contribution in [0.5, 0.6) is 17.2 Å². The Morgan fingerprint density at radius 2 is 1.77 bits per heavy atom. The van der Waals surface area contributed by atoms with Gasteiger partial charge >= 0.3 is 0 Å². The van der Waals surface area contributed by atoms with Crippen LogP contribution in [-0.2, 0) is 11.3 Å². The second-order valence-corrected chi connectivity index (χ2v) is 6.60. The smallest absolute Gasteiger partial charge is 0.263 e. The molecule has 0 radical (unpaired) electrons. The first kappa shape index (κ1) is 21.2. The van der Waals surface area contributed by atoms with Gasteiger partial charge in [-0.1, -0.05) is 24.2 Å². The van der Waals surface area contributed by atoms with E-state index in [4.69, 9.17) is 18.7 Å². The van der Waals surface area contributed by atoms with Crippen LogP contribution in [0.3, 0.4) is 0 Å². The molecule has 30 heavy (non-hydrogen) atoms. The summed E-state index contributed by atoms with van der Waals surface area (Å²) < 4.78 is 21.7. The van der Waals surface area contributed by atoms with Crippen molar-refractivity contribution in [3.8, 4) is 28.6 Å². The Hall–Kier alpha value is -3.55. The first-order valence-corrected chi connectivity index (χ1v) is 9.57. The van der Waals surface area contributed by atoms with Crippen LogP contribution in [0, 0.1) is 0 Å². The molecule has 8 heteroatoms.